The highest BCUT2D eigenvalue weighted by Gasteiger charge is 2.31. The number of fused-ring (bicyclic) bond motifs is 1. The minimum Gasteiger partial charge on any atom is -0.395 e. The topological polar surface area (TPSA) is 61.4 Å². The van der Waals surface area contributed by atoms with E-state index in [1.807, 2.05) is 6.92 Å². The van der Waals surface area contributed by atoms with Crippen molar-refractivity contribution in [2.45, 2.75) is 25.4 Å². The van der Waals surface area contributed by atoms with Crippen molar-refractivity contribution in [2.75, 3.05) is 11.9 Å². The van der Waals surface area contributed by atoms with Crippen LogP contribution in [0.1, 0.15) is 24.9 Å². The lowest BCUT2D eigenvalue weighted by atomic mass is 10.1. The van der Waals surface area contributed by atoms with E-state index >= 15 is 0 Å². The Morgan fingerprint density at radius 1 is 1.59 bits per heavy atom. The fourth-order valence-corrected chi connectivity index (χ4v) is 2.11. The molecule has 0 bridgehead atoms. The maximum absolute atomic E-state index is 11.8. The van der Waals surface area contributed by atoms with Crippen molar-refractivity contribution in [3.63, 3.8) is 0 Å². The summed E-state index contributed by atoms with van der Waals surface area (Å²) in [5.74, 6) is -0.103. The Kier molecular flexibility index (Phi) is 3.66. The molecule has 0 saturated heterocycles. The van der Waals surface area contributed by atoms with Crippen LogP contribution in [0.3, 0.4) is 0 Å². The monoisotopic (exact) mass is 254 g/mol. The van der Waals surface area contributed by atoms with Crippen molar-refractivity contribution >= 4 is 23.2 Å². The van der Waals surface area contributed by atoms with E-state index in [1.54, 1.807) is 18.2 Å². The minimum absolute atomic E-state index is 0.0101. The third kappa shape index (κ3) is 2.44. The van der Waals surface area contributed by atoms with Crippen molar-refractivity contribution in [1.29, 1.82) is 0 Å². The Morgan fingerprint density at radius 3 is 3.00 bits per heavy atom. The van der Waals surface area contributed by atoms with E-state index in [0.717, 1.165) is 17.7 Å². The third-order valence-corrected chi connectivity index (χ3v) is 3.20. The first-order valence-electron chi connectivity index (χ1n) is 5.63. The molecule has 0 saturated carbocycles. The van der Waals surface area contributed by atoms with Gasteiger partial charge >= 0.3 is 0 Å². The van der Waals surface area contributed by atoms with Gasteiger partial charge in [-0.05, 0) is 24.6 Å². The van der Waals surface area contributed by atoms with E-state index in [4.69, 9.17) is 16.7 Å². The number of carbonyl (C=O) groups excluding carboxylic acids is 1. The van der Waals surface area contributed by atoms with Gasteiger partial charge in [0, 0.05) is 22.3 Å². The number of halogens is 1. The van der Waals surface area contributed by atoms with Crippen molar-refractivity contribution in [2.24, 2.45) is 0 Å². The Balaban J connectivity index is 2.24. The molecule has 1 heterocycles. The molecular formula is C12H15ClN2O2. The molecule has 5 heteroatoms. The van der Waals surface area contributed by atoms with Crippen LogP contribution in [0.15, 0.2) is 18.2 Å². The van der Waals surface area contributed by atoms with E-state index in [2.05, 4.69) is 10.6 Å². The van der Waals surface area contributed by atoms with Crippen LogP contribution in [-0.4, -0.2) is 23.7 Å². The molecule has 2 rings (SSSR count). The smallest absolute Gasteiger partial charge is 0.246 e. The summed E-state index contributed by atoms with van der Waals surface area (Å²) >= 11 is 5.92. The largest absolute Gasteiger partial charge is 0.395 e. The number of nitrogens with one attached hydrogen (secondary N) is 2. The van der Waals surface area contributed by atoms with Gasteiger partial charge in [-0.25, -0.2) is 0 Å². The lowest BCUT2D eigenvalue weighted by Gasteiger charge is -2.18. The first kappa shape index (κ1) is 12.4. The van der Waals surface area contributed by atoms with E-state index in [-0.39, 0.29) is 18.6 Å². The summed E-state index contributed by atoms with van der Waals surface area (Å²) in [5, 5.41) is 15.7. The molecule has 0 spiro atoms. The van der Waals surface area contributed by atoms with Crippen LogP contribution in [-0.2, 0) is 4.79 Å². The number of hydrogen-bond acceptors (Lipinski definition) is 3. The number of carbonyl (C=O) groups is 1. The minimum atomic E-state index is -0.430. The fraction of sp³-hybridized carbons (Fsp3) is 0.417. The first-order chi connectivity index (χ1) is 8.15. The zero-order valence-corrected chi connectivity index (χ0v) is 10.3. The van der Waals surface area contributed by atoms with Gasteiger partial charge in [0.25, 0.3) is 0 Å². The van der Waals surface area contributed by atoms with Crippen LogP contribution in [0, 0.1) is 0 Å². The maximum Gasteiger partial charge on any atom is 0.246 e. The van der Waals surface area contributed by atoms with E-state index < -0.39 is 6.04 Å². The van der Waals surface area contributed by atoms with E-state index in [1.165, 1.54) is 0 Å². The number of benzene rings is 1. The summed E-state index contributed by atoms with van der Waals surface area (Å²) < 4.78 is 0. The van der Waals surface area contributed by atoms with Crippen LogP contribution in [0.5, 0.6) is 0 Å². The average Bonchev–Trinajstić information content (AvgIpc) is 2.62. The number of anilines is 1. The molecule has 1 aromatic rings. The van der Waals surface area contributed by atoms with Gasteiger partial charge in [-0.1, -0.05) is 18.5 Å². The van der Waals surface area contributed by atoms with Crippen LogP contribution >= 0.6 is 11.6 Å². The van der Waals surface area contributed by atoms with Gasteiger partial charge in [0.1, 0.15) is 6.04 Å². The lowest BCUT2D eigenvalue weighted by Crippen LogP contribution is -2.38. The maximum atomic E-state index is 11.8. The highest BCUT2D eigenvalue weighted by molar-refractivity contribution is 6.31. The summed E-state index contributed by atoms with van der Waals surface area (Å²) in [6.07, 6.45) is 0.760. The highest BCUT2D eigenvalue weighted by Crippen LogP contribution is 2.33. The number of aliphatic hydroxyl groups is 1. The van der Waals surface area contributed by atoms with Crippen molar-refractivity contribution < 1.29 is 9.90 Å². The van der Waals surface area contributed by atoms with Gasteiger partial charge < -0.3 is 10.4 Å². The molecule has 17 heavy (non-hydrogen) atoms. The van der Waals surface area contributed by atoms with Crippen LogP contribution < -0.4 is 10.6 Å². The van der Waals surface area contributed by atoms with Crippen molar-refractivity contribution in [3.8, 4) is 0 Å². The van der Waals surface area contributed by atoms with Gasteiger partial charge in [0.2, 0.25) is 5.91 Å². The Morgan fingerprint density at radius 2 is 2.35 bits per heavy atom. The SMILES string of the molecule is CCC(CO)NC1C(=O)Nc2ccc(Cl)cc21. The molecule has 0 aromatic heterocycles. The molecule has 1 aliphatic heterocycles. The molecule has 0 fully saturated rings. The normalized spacial score (nSPS) is 19.9. The standard InChI is InChI=1S/C12H15ClN2O2/c1-2-8(6-16)14-11-9-5-7(13)3-4-10(9)15-12(11)17/h3-5,8,11,14,16H,2,6H2,1H3,(H,15,17). The molecule has 0 aliphatic carbocycles. The highest BCUT2D eigenvalue weighted by atomic mass is 35.5. The van der Waals surface area contributed by atoms with E-state index in [9.17, 15) is 4.79 Å². The molecule has 1 amide bonds. The molecule has 2 atom stereocenters. The lowest BCUT2D eigenvalue weighted by molar-refractivity contribution is -0.117. The third-order valence-electron chi connectivity index (χ3n) is 2.96. The first-order valence-corrected chi connectivity index (χ1v) is 6.00. The molecule has 3 N–H and O–H groups in total. The second-order valence-corrected chi connectivity index (χ2v) is 4.54. The van der Waals surface area contributed by atoms with E-state index in [0.29, 0.717) is 5.02 Å². The van der Waals surface area contributed by atoms with Gasteiger partial charge in [-0.2, -0.15) is 0 Å². The second-order valence-electron chi connectivity index (χ2n) is 4.11. The number of amides is 1. The van der Waals surface area contributed by atoms with Gasteiger partial charge in [0.15, 0.2) is 0 Å². The summed E-state index contributed by atoms with van der Waals surface area (Å²) in [6, 6.07) is 4.79. The summed E-state index contributed by atoms with van der Waals surface area (Å²) in [7, 11) is 0. The zero-order valence-electron chi connectivity index (χ0n) is 9.53. The molecule has 1 aliphatic rings. The molecule has 2 unspecified atom stereocenters. The van der Waals surface area contributed by atoms with Crippen molar-refractivity contribution in [3.05, 3.63) is 28.8 Å². The van der Waals surface area contributed by atoms with Crippen LogP contribution in [0.2, 0.25) is 5.02 Å². The zero-order chi connectivity index (χ0) is 12.4. The Bertz CT molecular complexity index is 433. The Hall–Kier alpha value is -1.10. The van der Waals surface area contributed by atoms with Gasteiger partial charge in [-0.15, -0.1) is 0 Å². The molecule has 92 valence electrons. The Labute approximate surface area is 105 Å². The second kappa shape index (κ2) is 5.04. The van der Waals surface area contributed by atoms with Crippen molar-refractivity contribution in [1.82, 2.24) is 5.32 Å². The molecule has 1 aromatic carbocycles. The molecular weight excluding hydrogens is 240 g/mol. The number of rotatable bonds is 4. The van der Waals surface area contributed by atoms with Crippen LogP contribution in [0.25, 0.3) is 0 Å². The summed E-state index contributed by atoms with van der Waals surface area (Å²) in [4.78, 5) is 11.8. The fourth-order valence-electron chi connectivity index (χ4n) is 1.93. The van der Waals surface area contributed by atoms with Gasteiger partial charge in [0.05, 0.1) is 6.61 Å². The molecule has 4 nitrogen and oxygen atoms in total. The quantitative estimate of drug-likeness (QED) is 0.766. The number of aliphatic hydroxyl groups excluding tert-OH is 1. The van der Waals surface area contributed by atoms with Gasteiger partial charge in [-0.3, -0.25) is 10.1 Å². The average molecular weight is 255 g/mol. The predicted molar refractivity (Wildman–Crippen MR) is 67.1 cm³/mol. The predicted octanol–water partition coefficient (Wildman–Crippen LogP) is 1.69. The molecule has 0 radical (unpaired) electrons. The van der Waals surface area contributed by atoms with Crippen LogP contribution in [0.4, 0.5) is 5.69 Å². The summed E-state index contributed by atoms with van der Waals surface area (Å²) in [5.41, 5.74) is 1.62. The number of hydrogen-bond donors (Lipinski definition) is 3. The summed E-state index contributed by atoms with van der Waals surface area (Å²) in [6.45, 7) is 1.97.